The molecule has 4 heterocycles. The number of halogens is 1. The lowest BCUT2D eigenvalue weighted by Gasteiger charge is -2.13. The Kier molecular flexibility index (Phi) is 7.45. The van der Waals surface area contributed by atoms with E-state index in [1.54, 1.807) is 12.3 Å². The van der Waals surface area contributed by atoms with E-state index >= 15 is 0 Å². The molecule has 0 bridgehead atoms. The zero-order valence-corrected chi connectivity index (χ0v) is 23.4. The van der Waals surface area contributed by atoms with E-state index in [1.165, 1.54) is 6.07 Å². The molecule has 41 heavy (non-hydrogen) atoms. The minimum Gasteiger partial charge on any atom is -0.384 e. The molecule has 0 spiro atoms. The first kappa shape index (κ1) is 26.6. The lowest BCUT2D eigenvalue weighted by Crippen LogP contribution is -2.20. The van der Waals surface area contributed by atoms with Crippen molar-refractivity contribution in [3.8, 4) is 33.6 Å². The van der Waals surface area contributed by atoms with E-state index in [4.69, 9.17) is 0 Å². The Morgan fingerprint density at radius 1 is 0.927 bits per heavy atom. The molecular formula is C32H33FN8. The third-order valence-electron chi connectivity index (χ3n) is 7.15. The Balaban J connectivity index is 1.37. The fourth-order valence-electron chi connectivity index (χ4n) is 5.09. The van der Waals surface area contributed by atoms with Crippen molar-refractivity contribution in [2.75, 3.05) is 39.0 Å². The van der Waals surface area contributed by atoms with Gasteiger partial charge in [0.15, 0.2) is 0 Å². The fourth-order valence-corrected chi connectivity index (χ4v) is 5.09. The highest BCUT2D eigenvalue weighted by Crippen LogP contribution is 2.35. The van der Waals surface area contributed by atoms with E-state index in [-0.39, 0.29) is 5.82 Å². The number of hydrogen-bond acceptors (Lipinski definition) is 6. The maximum atomic E-state index is 14.7. The topological polar surface area (TPSA) is 97.5 Å². The van der Waals surface area contributed by atoms with Gasteiger partial charge in [-0.1, -0.05) is 13.0 Å². The summed E-state index contributed by atoms with van der Waals surface area (Å²) in [5.74, 6) is -0.287. The predicted molar refractivity (Wildman–Crippen MR) is 164 cm³/mol. The largest absolute Gasteiger partial charge is 0.384 e. The van der Waals surface area contributed by atoms with Gasteiger partial charge in [-0.25, -0.2) is 9.37 Å². The molecule has 0 radical (unpaired) electrons. The normalized spacial score (nSPS) is 11.6. The van der Waals surface area contributed by atoms with Crippen molar-refractivity contribution in [3.05, 3.63) is 84.6 Å². The molecule has 0 saturated heterocycles. The summed E-state index contributed by atoms with van der Waals surface area (Å²) < 4.78 is 14.7. The molecule has 208 valence electrons. The number of nitrogens with zero attached hydrogens (tertiary/aromatic N) is 4. The zero-order valence-electron chi connectivity index (χ0n) is 23.4. The second-order valence-corrected chi connectivity index (χ2v) is 10.5. The van der Waals surface area contributed by atoms with Gasteiger partial charge in [0.05, 0.1) is 11.2 Å². The van der Waals surface area contributed by atoms with Gasteiger partial charge in [0.2, 0.25) is 0 Å². The molecule has 0 aliphatic rings. The standard InChI is InChI=1S/C32H33FN8/c1-4-34-17-20-11-23(19-35-18-20)21-5-6-29-28(14-21)31(40-39-29)30-16-27-26(7-8-37-32(27)38-30)22-12-24(33)15-25(13-22)36-9-10-41(2)3/h5-8,11-16,18-19,34,36H,4,9-10,17H2,1-3H3,(H,37,38)(H,39,40). The highest BCUT2D eigenvalue weighted by atomic mass is 19.1. The van der Waals surface area contributed by atoms with Crippen molar-refractivity contribution in [1.82, 2.24) is 35.4 Å². The minimum atomic E-state index is -0.287. The van der Waals surface area contributed by atoms with Crippen LogP contribution in [0.5, 0.6) is 0 Å². The number of fused-ring (bicyclic) bond motifs is 2. The van der Waals surface area contributed by atoms with Crippen molar-refractivity contribution >= 4 is 27.6 Å². The van der Waals surface area contributed by atoms with Crippen LogP contribution in [0.25, 0.3) is 55.6 Å². The van der Waals surface area contributed by atoms with Gasteiger partial charge in [-0.2, -0.15) is 5.10 Å². The number of likely N-dealkylation sites (N-methyl/N-ethyl adjacent to an activating group) is 1. The van der Waals surface area contributed by atoms with E-state index in [2.05, 4.69) is 65.8 Å². The molecule has 9 heteroatoms. The average molecular weight is 549 g/mol. The summed E-state index contributed by atoms with van der Waals surface area (Å²) in [5, 5.41) is 16.4. The van der Waals surface area contributed by atoms with Gasteiger partial charge in [0.25, 0.3) is 0 Å². The maximum absolute atomic E-state index is 14.7. The highest BCUT2D eigenvalue weighted by Gasteiger charge is 2.16. The summed E-state index contributed by atoms with van der Waals surface area (Å²) in [5.41, 5.74) is 8.98. The molecule has 8 nitrogen and oxygen atoms in total. The molecule has 0 aliphatic heterocycles. The van der Waals surface area contributed by atoms with Crippen LogP contribution in [0.3, 0.4) is 0 Å². The van der Waals surface area contributed by atoms with E-state index in [0.717, 1.165) is 93.0 Å². The van der Waals surface area contributed by atoms with Gasteiger partial charge in [0.1, 0.15) is 17.2 Å². The first-order chi connectivity index (χ1) is 20.0. The number of H-pyrrole nitrogens is 2. The predicted octanol–water partition coefficient (Wildman–Crippen LogP) is 6.06. The quantitative estimate of drug-likeness (QED) is 0.166. The molecule has 6 rings (SSSR count). The molecular weight excluding hydrogens is 515 g/mol. The van der Waals surface area contributed by atoms with E-state index in [0.29, 0.717) is 0 Å². The minimum absolute atomic E-state index is 0.287. The molecule has 0 saturated carbocycles. The Morgan fingerprint density at radius 3 is 2.68 bits per heavy atom. The number of pyridine rings is 2. The third kappa shape index (κ3) is 5.68. The van der Waals surface area contributed by atoms with Crippen LogP contribution in [0.1, 0.15) is 12.5 Å². The molecule has 0 amide bonds. The molecule has 0 fully saturated rings. The van der Waals surface area contributed by atoms with Gasteiger partial charge in [-0.05, 0) is 91.4 Å². The van der Waals surface area contributed by atoms with Crippen LogP contribution in [-0.4, -0.2) is 63.8 Å². The summed E-state index contributed by atoms with van der Waals surface area (Å²) in [6, 6.07) is 17.5. The van der Waals surface area contributed by atoms with Crippen LogP contribution in [0.15, 0.2) is 73.2 Å². The van der Waals surface area contributed by atoms with Crippen molar-refractivity contribution in [1.29, 1.82) is 0 Å². The molecule has 0 unspecified atom stereocenters. The molecule has 2 aromatic carbocycles. The van der Waals surface area contributed by atoms with Crippen LogP contribution in [0.4, 0.5) is 10.1 Å². The van der Waals surface area contributed by atoms with Crippen LogP contribution in [-0.2, 0) is 6.54 Å². The van der Waals surface area contributed by atoms with Crippen molar-refractivity contribution in [2.24, 2.45) is 0 Å². The lowest BCUT2D eigenvalue weighted by atomic mass is 10.0. The Bertz CT molecular complexity index is 1820. The van der Waals surface area contributed by atoms with Crippen LogP contribution >= 0.6 is 0 Å². The molecule has 4 N–H and O–H groups in total. The first-order valence-corrected chi connectivity index (χ1v) is 13.8. The lowest BCUT2D eigenvalue weighted by molar-refractivity contribution is 0.425. The number of hydrogen-bond donors (Lipinski definition) is 4. The van der Waals surface area contributed by atoms with Gasteiger partial charge in [-0.15, -0.1) is 0 Å². The number of aromatic amines is 2. The summed E-state index contributed by atoms with van der Waals surface area (Å²) in [6.45, 7) is 5.35. The average Bonchev–Trinajstić information content (AvgIpc) is 3.59. The maximum Gasteiger partial charge on any atom is 0.138 e. The first-order valence-electron chi connectivity index (χ1n) is 13.8. The highest BCUT2D eigenvalue weighted by molar-refractivity contribution is 6.00. The number of aromatic nitrogens is 5. The third-order valence-corrected chi connectivity index (χ3v) is 7.15. The van der Waals surface area contributed by atoms with Gasteiger partial charge >= 0.3 is 0 Å². The number of benzene rings is 2. The number of anilines is 1. The summed E-state index contributed by atoms with van der Waals surface area (Å²) in [7, 11) is 4.03. The zero-order chi connectivity index (χ0) is 28.3. The smallest absolute Gasteiger partial charge is 0.138 e. The molecule has 0 aliphatic carbocycles. The van der Waals surface area contributed by atoms with Crippen molar-refractivity contribution in [2.45, 2.75) is 13.5 Å². The van der Waals surface area contributed by atoms with Crippen molar-refractivity contribution in [3.63, 3.8) is 0 Å². The van der Waals surface area contributed by atoms with Crippen molar-refractivity contribution < 1.29 is 4.39 Å². The Labute approximate surface area is 238 Å². The van der Waals surface area contributed by atoms with E-state index in [9.17, 15) is 4.39 Å². The van der Waals surface area contributed by atoms with Gasteiger partial charge in [0, 0.05) is 60.2 Å². The Hall–Kier alpha value is -4.60. The molecule has 6 aromatic rings. The van der Waals surface area contributed by atoms with Crippen LogP contribution in [0.2, 0.25) is 0 Å². The SMILES string of the molecule is CCNCc1cncc(-c2ccc3[nH]nc(-c4cc5c(-c6cc(F)cc(NCCN(C)C)c6)ccnc5[nH]4)c3c2)c1. The van der Waals surface area contributed by atoms with E-state index < -0.39 is 0 Å². The number of nitrogens with one attached hydrogen (secondary N) is 4. The van der Waals surface area contributed by atoms with Crippen LogP contribution in [0, 0.1) is 5.82 Å². The Morgan fingerprint density at radius 2 is 1.83 bits per heavy atom. The fraction of sp³-hybridized carbons (Fsp3) is 0.219. The second-order valence-electron chi connectivity index (χ2n) is 10.5. The van der Waals surface area contributed by atoms with E-state index in [1.807, 2.05) is 50.8 Å². The summed E-state index contributed by atoms with van der Waals surface area (Å²) in [4.78, 5) is 14.5. The summed E-state index contributed by atoms with van der Waals surface area (Å²) in [6.07, 6.45) is 5.53. The summed E-state index contributed by atoms with van der Waals surface area (Å²) >= 11 is 0. The second kappa shape index (κ2) is 11.5. The molecule has 4 aromatic heterocycles. The van der Waals surface area contributed by atoms with Crippen LogP contribution < -0.4 is 10.6 Å². The van der Waals surface area contributed by atoms with Gasteiger partial charge in [-0.3, -0.25) is 10.1 Å². The molecule has 0 atom stereocenters. The number of rotatable bonds is 10. The van der Waals surface area contributed by atoms with Gasteiger partial charge < -0.3 is 20.5 Å². The monoisotopic (exact) mass is 548 g/mol.